The Kier molecular flexibility index (Phi) is 3.51. The highest BCUT2D eigenvalue weighted by Gasteiger charge is 2.02. The molecule has 12 heavy (non-hydrogen) atoms. The van der Waals surface area contributed by atoms with Crippen molar-refractivity contribution in [1.29, 1.82) is 0 Å². The lowest BCUT2D eigenvalue weighted by atomic mass is 10.5. The van der Waals surface area contributed by atoms with Crippen molar-refractivity contribution in [2.75, 3.05) is 0 Å². The van der Waals surface area contributed by atoms with Crippen molar-refractivity contribution in [2.45, 2.75) is 6.54 Å². The Morgan fingerprint density at radius 2 is 2.50 bits per heavy atom. The number of rotatable bonds is 2. The largest absolute Gasteiger partial charge is 0.332 e. The Hall–Kier alpha value is -0.590. The van der Waals surface area contributed by atoms with Crippen molar-refractivity contribution < 1.29 is 4.79 Å². The molecule has 0 unspecified atom stereocenters. The maximum Gasteiger partial charge on any atom is 0.329 e. The number of thiophene rings is 1. The number of nitrogens with one attached hydrogen (secondary N) is 2. The molecule has 1 heterocycles. The number of nitrogens with two attached hydrogens (primary N) is 1. The van der Waals surface area contributed by atoms with Gasteiger partial charge in [0.1, 0.15) is 0 Å². The number of carbonyl (C=O) groups excluding carboxylic acids is 1. The monoisotopic (exact) mass is 249 g/mol. The Morgan fingerprint density at radius 3 is 3.00 bits per heavy atom. The highest BCUT2D eigenvalue weighted by atomic mass is 79.9. The van der Waals surface area contributed by atoms with Crippen LogP contribution in [0.25, 0.3) is 0 Å². The van der Waals surface area contributed by atoms with E-state index in [2.05, 4.69) is 21.2 Å². The van der Waals surface area contributed by atoms with Gasteiger partial charge in [-0.15, -0.1) is 11.3 Å². The lowest BCUT2D eigenvalue weighted by Gasteiger charge is -2.01. The molecule has 0 saturated carbocycles. The highest BCUT2D eigenvalue weighted by molar-refractivity contribution is 9.10. The van der Waals surface area contributed by atoms with Crippen molar-refractivity contribution >= 4 is 33.3 Å². The van der Waals surface area contributed by atoms with Crippen molar-refractivity contribution in [3.8, 4) is 0 Å². The van der Waals surface area contributed by atoms with Crippen molar-refractivity contribution in [3.63, 3.8) is 0 Å². The van der Waals surface area contributed by atoms with Crippen LogP contribution in [0.4, 0.5) is 4.79 Å². The minimum Gasteiger partial charge on any atom is -0.332 e. The van der Waals surface area contributed by atoms with Gasteiger partial charge in [0.15, 0.2) is 0 Å². The minimum absolute atomic E-state index is 0.379. The summed E-state index contributed by atoms with van der Waals surface area (Å²) in [6.07, 6.45) is 0. The normalized spacial score (nSPS) is 9.50. The number of carbonyl (C=O) groups is 1. The first kappa shape index (κ1) is 9.50. The van der Waals surface area contributed by atoms with E-state index in [1.807, 2.05) is 16.9 Å². The Labute approximate surface area is 82.2 Å². The third-order valence-corrected chi connectivity index (χ3v) is 3.16. The van der Waals surface area contributed by atoms with Gasteiger partial charge in [-0.3, -0.25) is 5.43 Å². The third-order valence-electron chi connectivity index (χ3n) is 1.23. The van der Waals surface area contributed by atoms with E-state index in [1.54, 1.807) is 11.3 Å². The van der Waals surface area contributed by atoms with Crippen molar-refractivity contribution in [1.82, 2.24) is 10.7 Å². The lowest BCUT2D eigenvalue weighted by Crippen LogP contribution is -2.39. The molecule has 0 bridgehead atoms. The molecule has 1 rings (SSSR count). The van der Waals surface area contributed by atoms with Gasteiger partial charge in [-0.2, -0.15) is 0 Å². The zero-order valence-electron chi connectivity index (χ0n) is 6.13. The molecule has 0 spiro atoms. The van der Waals surface area contributed by atoms with E-state index in [1.165, 1.54) is 0 Å². The van der Waals surface area contributed by atoms with Crippen molar-refractivity contribution in [2.24, 2.45) is 5.84 Å². The van der Waals surface area contributed by atoms with Gasteiger partial charge in [0, 0.05) is 9.35 Å². The number of amides is 2. The lowest BCUT2D eigenvalue weighted by molar-refractivity contribution is 0.241. The van der Waals surface area contributed by atoms with Crippen LogP contribution in [0.3, 0.4) is 0 Å². The average molecular weight is 250 g/mol. The van der Waals surface area contributed by atoms with Crippen LogP contribution in [0.2, 0.25) is 0 Å². The zero-order chi connectivity index (χ0) is 8.97. The SMILES string of the molecule is NNC(=O)NCc1sccc1Br. The molecular weight excluding hydrogens is 242 g/mol. The van der Waals surface area contributed by atoms with Crippen LogP contribution in [-0.2, 0) is 6.54 Å². The second-order valence-electron chi connectivity index (χ2n) is 2.02. The molecule has 0 fully saturated rings. The molecule has 4 N–H and O–H groups in total. The molecule has 0 radical (unpaired) electrons. The molecule has 6 heteroatoms. The Morgan fingerprint density at radius 1 is 1.75 bits per heavy atom. The fourth-order valence-electron chi connectivity index (χ4n) is 0.663. The maximum absolute atomic E-state index is 10.7. The van der Waals surface area contributed by atoms with E-state index in [4.69, 9.17) is 5.84 Å². The van der Waals surface area contributed by atoms with Crippen LogP contribution >= 0.6 is 27.3 Å². The first-order valence-corrected chi connectivity index (χ1v) is 4.87. The summed E-state index contributed by atoms with van der Waals surface area (Å²) in [4.78, 5) is 11.7. The second kappa shape index (κ2) is 4.44. The summed E-state index contributed by atoms with van der Waals surface area (Å²) >= 11 is 4.92. The van der Waals surface area contributed by atoms with Crippen molar-refractivity contribution in [3.05, 3.63) is 20.8 Å². The van der Waals surface area contributed by atoms with Gasteiger partial charge in [0.05, 0.1) is 6.54 Å². The fourth-order valence-corrected chi connectivity index (χ4v) is 2.10. The maximum atomic E-state index is 10.7. The number of halogens is 1. The molecule has 4 nitrogen and oxygen atoms in total. The molecule has 0 atom stereocenters. The first-order chi connectivity index (χ1) is 5.74. The van der Waals surface area contributed by atoms with Gasteiger partial charge < -0.3 is 5.32 Å². The van der Waals surface area contributed by atoms with E-state index in [0.717, 1.165) is 9.35 Å². The number of hydrogen-bond acceptors (Lipinski definition) is 3. The molecule has 2 amide bonds. The summed E-state index contributed by atoms with van der Waals surface area (Å²) in [5.74, 6) is 4.88. The smallest absolute Gasteiger partial charge is 0.329 e. The standard InChI is InChI=1S/C6H8BrN3OS/c7-4-1-2-12-5(4)3-9-6(11)10-8/h1-2H,3,8H2,(H2,9,10,11). The van der Waals surface area contributed by atoms with Crippen LogP contribution in [0.5, 0.6) is 0 Å². The summed E-state index contributed by atoms with van der Waals surface area (Å²) in [7, 11) is 0. The topological polar surface area (TPSA) is 67.1 Å². The van der Waals surface area contributed by atoms with E-state index >= 15 is 0 Å². The minimum atomic E-state index is -0.379. The molecule has 0 aliphatic heterocycles. The van der Waals surface area contributed by atoms with Gasteiger partial charge in [0.25, 0.3) is 0 Å². The second-order valence-corrected chi connectivity index (χ2v) is 3.87. The molecular formula is C6H8BrN3OS. The zero-order valence-corrected chi connectivity index (χ0v) is 8.54. The molecule has 66 valence electrons. The van der Waals surface area contributed by atoms with E-state index in [0.29, 0.717) is 6.54 Å². The Bertz CT molecular complexity index is 276. The number of urea groups is 1. The van der Waals surface area contributed by atoms with E-state index in [-0.39, 0.29) is 6.03 Å². The number of hydrazine groups is 1. The van der Waals surface area contributed by atoms with Crippen LogP contribution in [0.1, 0.15) is 4.88 Å². The van der Waals surface area contributed by atoms with Crippen LogP contribution < -0.4 is 16.6 Å². The highest BCUT2D eigenvalue weighted by Crippen LogP contribution is 2.21. The molecule has 0 aromatic carbocycles. The van der Waals surface area contributed by atoms with Crippen LogP contribution in [0.15, 0.2) is 15.9 Å². The third kappa shape index (κ3) is 2.47. The summed E-state index contributed by atoms with van der Waals surface area (Å²) in [6, 6.07) is 1.55. The molecule has 0 saturated heterocycles. The Balaban J connectivity index is 2.43. The molecule has 1 aromatic heterocycles. The number of hydrogen-bond donors (Lipinski definition) is 3. The van der Waals surface area contributed by atoms with Gasteiger partial charge in [-0.1, -0.05) is 0 Å². The summed E-state index contributed by atoms with van der Waals surface area (Å²) in [5, 5.41) is 4.53. The van der Waals surface area contributed by atoms with E-state index in [9.17, 15) is 4.79 Å². The van der Waals surface area contributed by atoms with Gasteiger partial charge in [0.2, 0.25) is 0 Å². The summed E-state index contributed by atoms with van der Waals surface area (Å²) in [5.41, 5.74) is 1.99. The predicted molar refractivity (Wildman–Crippen MR) is 51.6 cm³/mol. The van der Waals surface area contributed by atoms with Gasteiger partial charge in [-0.05, 0) is 27.4 Å². The predicted octanol–water partition coefficient (Wildman–Crippen LogP) is 1.18. The van der Waals surface area contributed by atoms with Crippen LogP contribution in [0, 0.1) is 0 Å². The summed E-state index contributed by atoms with van der Waals surface area (Å²) in [6.45, 7) is 0.487. The average Bonchev–Trinajstić information content (AvgIpc) is 2.47. The summed E-state index contributed by atoms with van der Waals surface area (Å²) < 4.78 is 1.00. The molecule has 0 aliphatic rings. The van der Waals surface area contributed by atoms with Gasteiger partial charge >= 0.3 is 6.03 Å². The van der Waals surface area contributed by atoms with Crippen LogP contribution in [-0.4, -0.2) is 6.03 Å². The quantitative estimate of drug-likeness (QED) is 0.419. The van der Waals surface area contributed by atoms with Gasteiger partial charge in [-0.25, -0.2) is 10.6 Å². The fraction of sp³-hybridized carbons (Fsp3) is 0.167. The van der Waals surface area contributed by atoms with E-state index < -0.39 is 0 Å². The molecule has 0 aliphatic carbocycles. The first-order valence-electron chi connectivity index (χ1n) is 3.20. The molecule has 1 aromatic rings.